The maximum Gasteiger partial charge on any atom is 0.0851 e. The van der Waals surface area contributed by atoms with Gasteiger partial charge in [0.05, 0.1) is 12.3 Å². The number of benzene rings is 1. The van der Waals surface area contributed by atoms with Crippen LogP contribution in [0.5, 0.6) is 0 Å². The molecule has 1 aromatic rings. The fourth-order valence-corrected chi connectivity index (χ4v) is 1.49. The number of hydrazone groups is 1. The Labute approximate surface area is 104 Å². The van der Waals surface area contributed by atoms with Crippen molar-refractivity contribution in [1.82, 2.24) is 5.01 Å². The summed E-state index contributed by atoms with van der Waals surface area (Å²) in [4.78, 5) is 0. The van der Waals surface area contributed by atoms with Crippen LogP contribution in [0.3, 0.4) is 0 Å². The van der Waals surface area contributed by atoms with Crippen LogP contribution in [0.1, 0.15) is 19.4 Å². The normalized spacial score (nSPS) is 11.8. The minimum Gasteiger partial charge on any atom is -0.295 e. The molecule has 0 aromatic heterocycles. The van der Waals surface area contributed by atoms with Crippen LogP contribution in [0.25, 0.3) is 0 Å². The summed E-state index contributed by atoms with van der Waals surface area (Å²) in [6.45, 7) is 8.68. The van der Waals surface area contributed by atoms with Gasteiger partial charge in [0.25, 0.3) is 0 Å². The minimum atomic E-state index is 0.801. The van der Waals surface area contributed by atoms with Crippen molar-refractivity contribution in [2.45, 2.75) is 20.4 Å². The van der Waals surface area contributed by atoms with Gasteiger partial charge in [-0.05, 0) is 31.1 Å². The molecule has 1 aromatic carbocycles. The standard InChI is InChI=1S/C15H20N2/c1-5-9-15(13(2)3)16-17(4)12-14-10-7-6-8-11-14/h5-11H,2,12H2,1,3-4H3/b9-5-,16-15-. The van der Waals surface area contributed by atoms with E-state index in [1.54, 1.807) is 0 Å². The van der Waals surface area contributed by atoms with Crippen molar-refractivity contribution < 1.29 is 0 Å². The number of hydrogen-bond donors (Lipinski definition) is 0. The molecule has 2 heteroatoms. The van der Waals surface area contributed by atoms with Crippen molar-refractivity contribution in [3.63, 3.8) is 0 Å². The van der Waals surface area contributed by atoms with Gasteiger partial charge in [-0.15, -0.1) is 0 Å². The highest BCUT2D eigenvalue weighted by molar-refractivity contribution is 6.07. The molecule has 0 fully saturated rings. The van der Waals surface area contributed by atoms with Gasteiger partial charge in [-0.2, -0.15) is 5.10 Å². The molecule has 0 unspecified atom stereocenters. The molecule has 0 bridgehead atoms. The van der Waals surface area contributed by atoms with E-state index < -0.39 is 0 Å². The summed E-state index contributed by atoms with van der Waals surface area (Å²) in [5.41, 5.74) is 3.15. The summed E-state index contributed by atoms with van der Waals surface area (Å²) in [5, 5.41) is 6.45. The summed E-state index contributed by atoms with van der Waals surface area (Å²) in [6.07, 6.45) is 3.95. The average molecular weight is 228 g/mol. The van der Waals surface area contributed by atoms with Crippen molar-refractivity contribution >= 4 is 5.71 Å². The Morgan fingerprint density at radius 3 is 2.53 bits per heavy atom. The number of rotatable bonds is 5. The largest absolute Gasteiger partial charge is 0.295 e. The fourth-order valence-electron chi connectivity index (χ4n) is 1.49. The highest BCUT2D eigenvalue weighted by atomic mass is 15.4. The van der Waals surface area contributed by atoms with E-state index in [9.17, 15) is 0 Å². The first-order valence-corrected chi connectivity index (χ1v) is 5.75. The molecule has 17 heavy (non-hydrogen) atoms. The Kier molecular flexibility index (Phi) is 5.21. The second-order valence-electron chi connectivity index (χ2n) is 4.07. The van der Waals surface area contributed by atoms with E-state index >= 15 is 0 Å². The second-order valence-corrected chi connectivity index (χ2v) is 4.07. The maximum absolute atomic E-state index is 4.52. The minimum absolute atomic E-state index is 0.801. The van der Waals surface area contributed by atoms with Crippen LogP contribution in [0.4, 0.5) is 0 Å². The van der Waals surface area contributed by atoms with E-state index in [0.29, 0.717) is 0 Å². The van der Waals surface area contributed by atoms with Gasteiger partial charge in [-0.3, -0.25) is 5.01 Å². The smallest absolute Gasteiger partial charge is 0.0851 e. The van der Waals surface area contributed by atoms with Gasteiger partial charge >= 0.3 is 0 Å². The molecule has 2 nitrogen and oxygen atoms in total. The third-order valence-corrected chi connectivity index (χ3v) is 2.29. The molecule has 0 amide bonds. The zero-order chi connectivity index (χ0) is 12.7. The lowest BCUT2D eigenvalue weighted by molar-refractivity contribution is 0.347. The van der Waals surface area contributed by atoms with E-state index in [2.05, 4.69) is 23.8 Å². The summed E-state index contributed by atoms with van der Waals surface area (Å²) >= 11 is 0. The molecular weight excluding hydrogens is 208 g/mol. The summed E-state index contributed by atoms with van der Waals surface area (Å²) < 4.78 is 0. The molecule has 90 valence electrons. The predicted octanol–water partition coefficient (Wildman–Crippen LogP) is 3.63. The zero-order valence-corrected chi connectivity index (χ0v) is 10.9. The number of allylic oxidation sites excluding steroid dienone is 3. The molecule has 0 spiro atoms. The first-order valence-electron chi connectivity index (χ1n) is 5.75. The van der Waals surface area contributed by atoms with Gasteiger partial charge in [-0.1, -0.05) is 43.0 Å². The SMILES string of the molecule is C=C(C)C(/C=C\C)=N\N(C)Cc1ccccc1. The van der Waals surface area contributed by atoms with E-state index in [0.717, 1.165) is 17.8 Å². The highest BCUT2D eigenvalue weighted by Gasteiger charge is 1.99. The lowest BCUT2D eigenvalue weighted by atomic mass is 10.2. The van der Waals surface area contributed by atoms with Crippen LogP contribution in [0.15, 0.2) is 59.7 Å². The van der Waals surface area contributed by atoms with Gasteiger partial charge in [-0.25, -0.2) is 0 Å². The van der Waals surface area contributed by atoms with Crippen molar-refractivity contribution in [1.29, 1.82) is 0 Å². The lowest BCUT2D eigenvalue weighted by Gasteiger charge is -2.14. The summed E-state index contributed by atoms with van der Waals surface area (Å²) in [5.74, 6) is 0. The third kappa shape index (κ3) is 4.68. The second kappa shape index (κ2) is 6.69. The molecular formula is C15H20N2. The first kappa shape index (κ1) is 13.2. The van der Waals surface area contributed by atoms with Crippen molar-refractivity contribution in [3.05, 3.63) is 60.2 Å². The average Bonchev–Trinajstić information content (AvgIpc) is 2.29. The molecule has 0 heterocycles. The molecule has 0 atom stereocenters. The Morgan fingerprint density at radius 1 is 1.35 bits per heavy atom. The third-order valence-electron chi connectivity index (χ3n) is 2.29. The molecule has 0 aliphatic carbocycles. The van der Waals surface area contributed by atoms with Crippen LogP contribution in [-0.4, -0.2) is 17.8 Å². The van der Waals surface area contributed by atoms with Crippen LogP contribution < -0.4 is 0 Å². The predicted molar refractivity (Wildman–Crippen MR) is 75.0 cm³/mol. The quantitative estimate of drug-likeness (QED) is 0.555. The van der Waals surface area contributed by atoms with Gasteiger partial charge in [0.2, 0.25) is 0 Å². The molecule has 0 radical (unpaired) electrons. The van der Waals surface area contributed by atoms with Gasteiger partial charge in [0.1, 0.15) is 0 Å². The number of hydrogen-bond acceptors (Lipinski definition) is 2. The topological polar surface area (TPSA) is 15.6 Å². The van der Waals surface area contributed by atoms with E-state index in [-0.39, 0.29) is 0 Å². The van der Waals surface area contributed by atoms with Crippen molar-refractivity contribution in [3.8, 4) is 0 Å². The van der Waals surface area contributed by atoms with Crippen LogP contribution in [0.2, 0.25) is 0 Å². The maximum atomic E-state index is 4.52. The lowest BCUT2D eigenvalue weighted by Crippen LogP contribution is -2.13. The van der Waals surface area contributed by atoms with Gasteiger partial charge < -0.3 is 0 Å². The molecule has 0 N–H and O–H groups in total. The molecule has 1 rings (SSSR count). The fraction of sp³-hybridized carbons (Fsp3) is 0.267. The molecule has 0 saturated heterocycles. The Morgan fingerprint density at radius 2 is 2.00 bits per heavy atom. The van der Waals surface area contributed by atoms with Gasteiger partial charge in [0.15, 0.2) is 0 Å². The Hall–Kier alpha value is -1.83. The van der Waals surface area contributed by atoms with Crippen LogP contribution in [-0.2, 0) is 6.54 Å². The first-order chi connectivity index (χ1) is 8.13. The van der Waals surface area contributed by atoms with Crippen LogP contribution >= 0.6 is 0 Å². The molecule has 0 saturated carbocycles. The molecule has 0 aliphatic heterocycles. The van der Waals surface area contributed by atoms with Crippen LogP contribution in [0, 0.1) is 0 Å². The zero-order valence-electron chi connectivity index (χ0n) is 10.9. The van der Waals surface area contributed by atoms with Crippen molar-refractivity contribution in [2.75, 3.05) is 7.05 Å². The van der Waals surface area contributed by atoms with E-state index in [1.807, 2.05) is 56.3 Å². The Balaban J connectivity index is 2.73. The van der Waals surface area contributed by atoms with E-state index in [4.69, 9.17) is 0 Å². The summed E-state index contributed by atoms with van der Waals surface area (Å²) in [6, 6.07) is 10.3. The van der Waals surface area contributed by atoms with E-state index in [1.165, 1.54) is 5.56 Å². The molecule has 0 aliphatic rings. The highest BCUT2D eigenvalue weighted by Crippen LogP contribution is 2.05. The van der Waals surface area contributed by atoms with Gasteiger partial charge in [0, 0.05) is 7.05 Å². The van der Waals surface area contributed by atoms with Crippen molar-refractivity contribution in [2.24, 2.45) is 5.10 Å². The monoisotopic (exact) mass is 228 g/mol. The summed E-state index contributed by atoms with van der Waals surface area (Å²) in [7, 11) is 1.97. The Bertz CT molecular complexity index is 416. The number of nitrogens with zero attached hydrogens (tertiary/aromatic N) is 2.